The van der Waals surface area contributed by atoms with Crippen molar-refractivity contribution in [3.63, 3.8) is 0 Å². The number of thioether (sulfide) groups is 1. The third kappa shape index (κ3) is 5.71. The van der Waals surface area contributed by atoms with Crippen LogP contribution in [0.3, 0.4) is 0 Å². The molecule has 1 amide bonds. The predicted octanol–water partition coefficient (Wildman–Crippen LogP) is 3.56. The van der Waals surface area contributed by atoms with E-state index in [1.54, 1.807) is 0 Å². The van der Waals surface area contributed by atoms with E-state index in [-0.39, 0.29) is 17.9 Å². The Balaban J connectivity index is 1.47. The second-order valence-electron chi connectivity index (χ2n) is 9.18. The summed E-state index contributed by atoms with van der Waals surface area (Å²) in [7, 11) is 0. The largest absolute Gasteiger partial charge is 0.486 e. The molecule has 2 N–H and O–H groups in total. The molecule has 0 aliphatic carbocycles. The average molecular weight is 482 g/mol. The van der Waals surface area contributed by atoms with Crippen LogP contribution in [0.15, 0.2) is 59.8 Å². The molecule has 4 rings (SSSR count). The Hall–Kier alpha value is -3.04. The lowest BCUT2D eigenvalue weighted by atomic mass is 9.87. The van der Waals surface area contributed by atoms with Gasteiger partial charge in [-0.25, -0.2) is 4.68 Å². The second kappa shape index (κ2) is 10.5. The number of carbonyl (C=O) groups is 1. The highest BCUT2D eigenvalue weighted by molar-refractivity contribution is 8.00. The van der Waals surface area contributed by atoms with Gasteiger partial charge in [0.1, 0.15) is 17.6 Å². The van der Waals surface area contributed by atoms with Crippen molar-refractivity contribution in [3.8, 4) is 5.75 Å². The van der Waals surface area contributed by atoms with E-state index in [0.717, 1.165) is 11.3 Å². The molecule has 180 valence electrons. The lowest BCUT2D eigenvalue weighted by molar-refractivity contribution is -0.134. The van der Waals surface area contributed by atoms with Crippen molar-refractivity contribution in [1.82, 2.24) is 19.8 Å². The minimum Gasteiger partial charge on any atom is -0.486 e. The SMILES string of the molecule is CC(C)(C)c1ccc(OCc2nnc(SC(C(=O)N3CCOCC3)c3ccccc3)n2N)cc1. The summed E-state index contributed by atoms with van der Waals surface area (Å²) in [5, 5.41) is 8.42. The number of nitrogens with two attached hydrogens (primary N) is 1. The molecule has 0 saturated carbocycles. The van der Waals surface area contributed by atoms with Crippen LogP contribution in [0.4, 0.5) is 0 Å². The Morgan fingerprint density at radius 3 is 2.41 bits per heavy atom. The Labute approximate surface area is 204 Å². The number of morpholine rings is 1. The van der Waals surface area contributed by atoms with Crippen molar-refractivity contribution in [2.75, 3.05) is 32.1 Å². The molecule has 3 aromatic rings. The van der Waals surface area contributed by atoms with Gasteiger partial charge in [-0.15, -0.1) is 10.2 Å². The summed E-state index contributed by atoms with van der Waals surface area (Å²) in [6.45, 7) is 8.93. The average Bonchev–Trinajstić information content (AvgIpc) is 3.20. The first-order valence-electron chi connectivity index (χ1n) is 11.3. The molecule has 1 aliphatic heterocycles. The molecule has 0 spiro atoms. The minimum atomic E-state index is -0.482. The first-order chi connectivity index (χ1) is 16.3. The van der Waals surface area contributed by atoms with Gasteiger partial charge in [0, 0.05) is 13.1 Å². The summed E-state index contributed by atoms with van der Waals surface area (Å²) < 4.78 is 12.7. The molecule has 2 aromatic carbocycles. The van der Waals surface area contributed by atoms with Gasteiger partial charge in [0.25, 0.3) is 0 Å². The molecule has 1 fully saturated rings. The van der Waals surface area contributed by atoms with E-state index < -0.39 is 5.25 Å². The topological polar surface area (TPSA) is 95.5 Å². The number of carbonyl (C=O) groups excluding carboxylic acids is 1. The fourth-order valence-corrected chi connectivity index (χ4v) is 4.69. The highest BCUT2D eigenvalue weighted by Gasteiger charge is 2.30. The number of hydrogen-bond donors (Lipinski definition) is 1. The highest BCUT2D eigenvalue weighted by Crippen LogP contribution is 2.36. The lowest BCUT2D eigenvalue weighted by Gasteiger charge is -2.30. The van der Waals surface area contributed by atoms with Crippen molar-refractivity contribution in [1.29, 1.82) is 0 Å². The number of ether oxygens (including phenoxy) is 2. The van der Waals surface area contributed by atoms with Crippen LogP contribution in [0.25, 0.3) is 0 Å². The van der Waals surface area contributed by atoms with Gasteiger partial charge in [0.05, 0.1) is 13.2 Å². The lowest BCUT2D eigenvalue weighted by Crippen LogP contribution is -2.42. The zero-order valence-corrected chi connectivity index (χ0v) is 20.6. The maximum absolute atomic E-state index is 13.4. The molecular weight excluding hydrogens is 450 g/mol. The number of amides is 1. The van der Waals surface area contributed by atoms with Crippen molar-refractivity contribution in [3.05, 3.63) is 71.5 Å². The molecule has 2 heterocycles. The number of nitrogen functional groups attached to an aromatic ring is 1. The molecule has 1 saturated heterocycles. The summed E-state index contributed by atoms with van der Waals surface area (Å²) in [6.07, 6.45) is 0. The number of nitrogens with zero attached hydrogens (tertiary/aromatic N) is 4. The van der Waals surface area contributed by atoms with Gasteiger partial charge in [-0.05, 0) is 28.7 Å². The van der Waals surface area contributed by atoms with E-state index in [4.69, 9.17) is 15.3 Å². The minimum absolute atomic E-state index is 0.0132. The zero-order valence-electron chi connectivity index (χ0n) is 19.8. The van der Waals surface area contributed by atoms with Crippen LogP contribution < -0.4 is 10.6 Å². The van der Waals surface area contributed by atoms with Crippen molar-refractivity contribution < 1.29 is 14.3 Å². The van der Waals surface area contributed by atoms with Gasteiger partial charge in [0.15, 0.2) is 5.82 Å². The summed E-state index contributed by atoms with van der Waals surface area (Å²) >= 11 is 1.29. The van der Waals surface area contributed by atoms with Crippen LogP contribution in [-0.4, -0.2) is 52.0 Å². The van der Waals surface area contributed by atoms with Gasteiger partial charge >= 0.3 is 0 Å². The van der Waals surface area contributed by atoms with Gasteiger partial charge < -0.3 is 20.2 Å². The molecule has 8 nitrogen and oxygen atoms in total. The smallest absolute Gasteiger partial charge is 0.240 e. The van der Waals surface area contributed by atoms with E-state index in [0.29, 0.717) is 37.3 Å². The van der Waals surface area contributed by atoms with Crippen LogP contribution >= 0.6 is 11.8 Å². The van der Waals surface area contributed by atoms with E-state index in [1.807, 2.05) is 47.4 Å². The number of rotatable bonds is 7. The first-order valence-corrected chi connectivity index (χ1v) is 12.2. The third-order valence-corrected chi connectivity index (χ3v) is 6.89. The maximum Gasteiger partial charge on any atom is 0.240 e. The van der Waals surface area contributed by atoms with E-state index >= 15 is 0 Å². The van der Waals surface area contributed by atoms with Crippen molar-refractivity contribution >= 4 is 17.7 Å². The molecule has 1 aromatic heterocycles. The van der Waals surface area contributed by atoms with Crippen molar-refractivity contribution in [2.45, 2.75) is 43.2 Å². The highest BCUT2D eigenvalue weighted by atomic mass is 32.2. The molecular formula is C25H31N5O3S. The van der Waals surface area contributed by atoms with Crippen molar-refractivity contribution in [2.24, 2.45) is 0 Å². The predicted molar refractivity (Wildman–Crippen MR) is 132 cm³/mol. The monoisotopic (exact) mass is 481 g/mol. The van der Waals surface area contributed by atoms with Crippen LogP contribution in [0, 0.1) is 0 Å². The summed E-state index contributed by atoms with van der Waals surface area (Å²) in [6, 6.07) is 17.7. The molecule has 0 bridgehead atoms. The van der Waals surface area contributed by atoms with E-state index in [1.165, 1.54) is 22.0 Å². The Morgan fingerprint density at radius 2 is 1.76 bits per heavy atom. The quantitative estimate of drug-likeness (QED) is 0.407. The molecule has 1 unspecified atom stereocenters. The summed E-state index contributed by atoms with van der Waals surface area (Å²) in [4.78, 5) is 15.2. The number of hydrogen-bond acceptors (Lipinski definition) is 7. The van der Waals surface area contributed by atoms with Crippen LogP contribution in [0.5, 0.6) is 5.75 Å². The number of aromatic nitrogens is 3. The molecule has 34 heavy (non-hydrogen) atoms. The fraction of sp³-hybridized carbons (Fsp3) is 0.400. The van der Waals surface area contributed by atoms with Gasteiger partial charge in [-0.1, -0.05) is 75.0 Å². The fourth-order valence-electron chi connectivity index (χ4n) is 3.63. The normalized spacial score (nSPS) is 15.2. The Morgan fingerprint density at radius 1 is 1.09 bits per heavy atom. The van der Waals surface area contributed by atoms with E-state index in [2.05, 4.69) is 43.1 Å². The Kier molecular flexibility index (Phi) is 7.43. The van der Waals surface area contributed by atoms with Crippen LogP contribution in [0.1, 0.15) is 43.0 Å². The second-order valence-corrected chi connectivity index (χ2v) is 10.3. The van der Waals surface area contributed by atoms with Gasteiger partial charge in [-0.2, -0.15) is 0 Å². The standard InChI is InChI=1S/C25H31N5O3S/c1-25(2,3)19-9-11-20(12-10-19)33-17-21-27-28-24(30(21)26)34-22(18-7-5-4-6-8-18)23(31)29-13-15-32-16-14-29/h4-12,22H,13-17,26H2,1-3H3. The third-order valence-electron chi connectivity index (χ3n) is 5.70. The zero-order chi connectivity index (χ0) is 24.1. The Bertz CT molecular complexity index is 1090. The first kappa shape index (κ1) is 24.1. The number of benzene rings is 2. The van der Waals surface area contributed by atoms with Crippen LogP contribution in [-0.2, 0) is 21.6 Å². The molecule has 9 heteroatoms. The van der Waals surface area contributed by atoms with Gasteiger partial charge in [-0.3, -0.25) is 4.79 Å². The van der Waals surface area contributed by atoms with E-state index in [9.17, 15) is 4.79 Å². The molecule has 1 aliphatic rings. The maximum atomic E-state index is 13.4. The summed E-state index contributed by atoms with van der Waals surface area (Å²) in [5.41, 5.74) is 2.21. The molecule has 1 atom stereocenters. The molecule has 0 radical (unpaired) electrons. The van der Waals surface area contributed by atoms with Gasteiger partial charge in [0.2, 0.25) is 11.1 Å². The van der Waals surface area contributed by atoms with Crippen LogP contribution in [0.2, 0.25) is 0 Å². The summed E-state index contributed by atoms with van der Waals surface area (Å²) in [5.74, 6) is 7.52.